The lowest BCUT2D eigenvalue weighted by molar-refractivity contribution is -0.129. The molecule has 0 spiro atoms. The Morgan fingerprint density at radius 2 is 1.97 bits per heavy atom. The molecule has 2 aromatic rings. The number of carbonyl (C=O) groups is 1. The van der Waals surface area contributed by atoms with Gasteiger partial charge >= 0.3 is 0 Å². The van der Waals surface area contributed by atoms with Gasteiger partial charge in [-0.2, -0.15) is 0 Å². The van der Waals surface area contributed by atoms with Crippen LogP contribution in [0.3, 0.4) is 0 Å². The number of anilines is 2. The molecule has 0 saturated carbocycles. The van der Waals surface area contributed by atoms with Crippen LogP contribution in [0.4, 0.5) is 20.4 Å². The van der Waals surface area contributed by atoms with Crippen LogP contribution >= 0.6 is 0 Å². The minimum absolute atomic E-state index is 0.0369. The Balaban J connectivity index is 1.32. The number of carbonyl (C=O) groups excluding carboxylic acids is 1. The zero-order chi connectivity index (χ0) is 23.7. The van der Waals surface area contributed by atoms with Gasteiger partial charge in [-0.1, -0.05) is 0 Å². The predicted octanol–water partition coefficient (Wildman–Crippen LogP) is 2.91. The average Bonchev–Trinajstić information content (AvgIpc) is 3.34. The molecule has 0 radical (unpaired) electrons. The van der Waals surface area contributed by atoms with Gasteiger partial charge in [-0.05, 0) is 18.6 Å². The van der Waals surface area contributed by atoms with Crippen LogP contribution in [-0.4, -0.2) is 65.8 Å². The summed E-state index contributed by atoms with van der Waals surface area (Å²) in [6, 6.07) is 3.54. The van der Waals surface area contributed by atoms with Crippen LogP contribution in [0.5, 0.6) is 5.75 Å². The molecule has 1 aromatic carbocycles. The summed E-state index contributed by atoms with van der Waals surface area (Å²) < 4.78 is 38.5. The first-order valence-corrected chi connectivity index (χ1v) is 11.8. The zero-order valence-electron chi connectivity index (χ0n) is 19.2. The SMILES string of the molecule is CC(=O)N1CCc2nc(N3CCC(Oc4ccc(F)cc4F)CC3)c(N[C@@H]3CCOC3)nc2C1. The molecule has 34 heavy (non-hydrogen) atoms. The third-order valence-electron chi connectivity index (χ3n) is 6.64. The molecule has 0 aliphatic carbocycles. The summed E-state index contributed by atoms with van der Waals surface area (Å²) in [4.78, 5) is 25.7. The molecule has 3 aliphatic rings. The van der Waals surface area contributed by atoms with Gasteiger partial charge in [0, 0.05) is 58.5 Å². The van der Waals surface area contributed by atoms with E-state index in [1.807, 2.05) is 0 Å². The largest absolute Gasteiger partial charge is 0.487 e. The summed E-state index contributed by atoms with van der Waals surface area (Å²) in [5.74, 6) is 0.316. The number of rotatable bonds is 5. The number of benzene rings is 1. The average molecular weight is 474 g/mol. The molecular formula is C24H29F2N5O3. The molecule has 1 aromatic heterocycles. The molecule has 182 valence electrons. The van der Waals surface area contributed by atoms with Gasteiger partial charge in [0.25, 0.3) is 0 Å². The van der Waals surface area contributed by atoms with Crippen molar-refractivity contribution < 1.29 is 23.0 Å². The van der Waals surface area contributed by atoms with E-state index >= 15 is 0 Å². The van der Waals surface area contributed by atoms with Crippen molar-refractivity contribution in [1.82, 2.24) is 14.9 Å². The van der Waals surface area contributed by atoms with Gasteiger partial charge in [0.05, 0.1) is 30.6 Å². The highest BCUT2D eigenvalue weighted by molar-refractivity contribution is 5.73. The quantitative estimate of drug-likeness (QED) is 0.715. The number of amides is 1. The van der Waals surface area contributed by atoms with Crippen molar-refractivity contribution in [2.75, 3.05) is 43.1 Å². The van der Waals surface area contributed by atoms with Gasteiger partial charge in [0.1, 0.15) is 11.9 Å². The summed E-state index contributed by atoms with van der Waals surface area (Å²) in [6.07, 6.45) is 2.77. The summed E-state index contributed by atoms with van der Waals surface area (Å²) in [5.41, 5.74) is 1.75. The minimum atomic E-state index is -0.687. The van der Waals surface area contributed by atoms with Crippen molar-refractivity contribution in [2.45, 2.75) is 51.3 Å². The van der Waals surface area contributed by atoms with Crippen molar-refractivity contribution in [3.8, 4) is 5.75 Å². The van der Waals surface area contributed by atoms with Crippen molar-refractivity contribution in [1.29, 1.82) is 0 Å². The lowest BCUT2D eigenvalue weighted by atomic mass is 10.1. The fraction of sp³-hybridized carbons (Fsp3) is 0.542. The van der Waals surface area contributed by atoms with Crippen molar-refractivity contribution in [2.24, 2.45) is 0 Å². The lowest BCUT2D eigenvalue weighted by Gasteiger charge is -2.35. The second-order valence-corrected chi connectivity index (χ2v) is 9.06. The number of nitrogens with zero attached hydrogens (tertiary/aromatic N) is 4. The maximum absolute atomic E-state index is 14.0. The normalized spacial score (nSPS) is 20.9. The number of hydrogen-bond donors (Lipinski definition) is 1. The maximum atomic E-state index is 14.0. The number of fused-ring (bicyclic) bond motifs is 1. The second kappa shape index (κ2) is 9.69. The van der Waals surface area contributed by atoms with Crippen LogP contribution in [0.2, 0.25) is 0 Å². The number of halogens is 2. The Hall–Kier alpha value is -3.01. The third-order valence-corrected chi connectivity index (χ3v) is 6.64. The monoisotopic (exact) mass is 473 g/mol. The van der Waals surface area contributed by atoms with Crippen molar-refractivity contribution >= 4 is 17.5 Å². The third kappa shape index (κ3) is 4.91. The van der Waals surface area contributed by atoms with Crippen LogP contribution in [0.25, 0.3) is 0 Å². The first kappa shape index (κ1) is 22.8. The smallest absolute Gasteiger partial charge is 0.219 e. The molecule has 2 saturated heterocycles. The van der Waals surface area contributed by atoms with Crippen molar-refractivity contribution in [3.05, 3.63) is 41.2 Å². The number of aromatic nitrogens is 2. The fourth-order valence-electron chi connectivity index (χ4n) is 4.69. The highest BCUT2D eigenvalue weighted by Gasteiger charge is 2.29. The topological polar surface area (TPSA) is 79.8 Å². The molecule has 1 N–H and O–H groups in total. The molecule has 10 heteroatoms. The van der Waals surface area contributed by atoms with E-state index in [-0.39, 0.29) is 23.8 Å². The van der Waals surface area contributed by atoms with Crippen LogP contribution in [0, 0.1) is 11.6 Å². The number of nitrogens with one attached hydrogen (secondary N) is 1. The maximum Gasteiger partial charge on any atom is 0.219 e. The van der Waals surface area contributed by atoms with E-state index in [2.05, 4.69) is 10.2 Å². The second-order valence-electron chi connectivity index (χ2n) is 9.06. The molecule has 5 rings (SSSR count). The number of piperidine rings is 1. The minimum Gasteiger partial charge on any atom is -0.487 e. The highest BCUT2D eigenvalue weighted by atomic mass is 19.1. The van der Waals surface area contributed by atoms with E-state index in [4.69, 9.17) is 19.4 Å². The molecule has 2 fully saturated rings. The van der Waals surface area contributed by atoms with E-state index in [0.29, 0.717) is 64.5 Å². The number of ether oxygens (including phenoxy) is 2. The zero-order valence-corrected chi connectivity index (χ0v) is 19.2. The molecule has 4 heterocycles. The van der Waals surface area contributed by atoms with Gasteiger partial charge in [-0.3, -0.25) is 4.79 Å². The molecule has 3 aliphatic heterocycles. The van der Waals surface area contributed by atoms with E-state index in [1.165, 1.54) is 12.1 Å². The molecule has 8 nitrogen and oxygen atoms in total. The summed E-state index contributed by atoms with van der Waals surface area (Å²) in [7, 11) is 0. The van der Waals surface area contributed by atoms with E-state index in [9.17, 15) is 13.6 Å². The van der Waals surface area contributed by atoms with Gasteiger partial charge < -0.3 is 24.6 Å². The molecule has 0 bridgehead atoms. The lowest BCUT2D eigenvalue weighted by Crippen LogP contribution is -2.40. The van der Waals surface area contributed by atoms with Crippen LogP contribution in [-0.2, 0) is 22.5 Å². The summed E-state index contributed by atoms with van der Waals surface area (Å²) >= 11 is 0. The number of hydrogen-bond acceptors (Lipinski definition) is 7. The Morgan fingerprint density at radius 3 is 2.68 bits per heavy atom. The summed E-state index contributed by atoms with van der Waals surface area (Å²) in [6.45, 7) is 5.37. The first-order valence-electron chi connectivity index (χ1n) is 11.8. The van der Waals surface area contributed by atoms with Gasteiger partial charge in [0.2, 0.25) is 5.91 Å². The van der Waals surface area contributed by atoms with Gasteiger partial charge in [-0.25, -0.2) is 18.7 Å². The highest BCUT2D eigenvalue weighted by Crippen LogP contribution is 2.31. The Labute approximate surface area is 197 Å². The Kier molecular flexibility index (Phi) is 6.49. The van der Waals surface area contributed by atoms with Gasteiger partial charge in [-0.15, -0.1) is 0 Å². The summed E-state index contributed by atoms with van der Waals surface area (Å²) in [5, 5.41) is 3.50. The predicted molar refractivity (Wildman–Crippen MR) is 122 cm³/mol. The van der Waals surface area contributed by atoms with E-state index < -0.39 is 11.6 Å². The Bertz CT molecular complexity index is 1060. The molecular weight excluding hydrogens is 444 g/mol. The first-order chi connectivity index (χ1) is 16.5. The molecule has 1 amide bonds. The van der Waals surface area contributed by atoms with Crippen LogP contribution < -0.4 is 15.0 Å². The standard InChI is InChI=1S/C24H29F2N5O3/c1-15(32)31-10-6-20-21(13-31)28-23(27-17-7-11-33-14-17)24(29-20)30-8-4-18(5-9-30)34-22-3-2-16(25)12-19(22)26/h2-3,12,17-18H,4-11,13-14H2,1H3,(H,27,28)/t17-/m1/s1. The van der Waals surface area contributed by atoms with Crippen molar-refractivity contribution in [3.63, 3.8) is 0 Å². The van der Waals surface area contributed by atoms with E-state index in [1.54, 1.807) is 11.8 Å². The van der Waals surface area contributed by atoms with Crippen LogP contribution in [0.1, 0.15) is 37.6 Å². The van der Waals surface area contributed by atoms with E-state index in [0.717, 1.165) is 29.7 Å². The van der Waals surface area contributed by atoms with Gasteiger partial charge in [0.15, 0.2) is 23.2 Å². The van der Waals surface area contributed by atoms with Crippen LogP contribution in [0.15, 0.2) is 18.2 Å². The fourth-order valence-corrected chi connectivity index (χ4v) is 4.69. The Morgan fingerprint density at radius 1 is 1.15 bits per heavy atom. The molecule has 0 unspecified atom stereocenters. The molecule has 1 atom stereocenters.